The molecule has 2 aromatic heterocycles. The maximum absolute atomic E-state index is 12.6. The van der Waals surface area contributed by atoms with E-state index in [1.54, 1.807) is 22.2 Å². The molecular weight excluding hydrogens is 310 g/mol. The molecule has 1 aliphatic carbocycles. The molecule has 0 radical (unpaired) electrons. The highest BCUT2D eigenvalue weighted by molar-refractivity contribution is 7.18. The number of hydrogen-bond donors (Lipinski definition) is 0. The second-order valence-corrected chi connectivity index (χ2v) is 7.74. The van der Waals surface area contributed by atoms with E-state index in [2.05, 4.69) is 11.9 Å². The van der Waals surface area contributed by atoms with E-state index in [-0.39, 0.29) is 11.5 Å². The van der Waals surface area contributed by atoms with E-state index in [1.165, 1.54) is 12.8 Å². The van der Waals surface area contributed by atoms with E-state index in [0.717, 1.165) is 15.3 Å². The van der Waals surface area contributed by atoms with Crippen LogP contribution in [0.5, 0.6) is 0 Å². The number of rotatable bonds is 5. The molecular formula is C17H23N3O2S. The SMILES string of the molecule is Cc1sc2ncn(CCC(=O)N(C)C(C)C3CC3)c(=O)c2c1C. The summed E-state index contributed by atoms with van der Waals surface area (Å²) in [6.07, 6.45) is 4.34. The summed E-state index contributed by atoms with van der Waals surface area (Å²) in [7, 11) is 1.86. The highest BCUT2D eigenvalue weighted by Gasteiger charge is 2.32. The maximum Gasteiger partial charge on any atom is 0.262 e. The minimum atomic E-state index is -0.0393. The Kier molecular flexibility index (Phi) is 4.27. The molecule has 0 N–H and O–H groups in total. The lowest BCUT2D eigenvalue weighted by Gasteiger charge is -2.25. The van der Waals surface area contributed by atoms with Gasteiger partial charge in [-0.2, -0.15) is 0 Å². The van der Waals surface area contributed by atoms with Gasteiger partial charge in [-0.15, -0.1) is 11.3 Å². The molecule has 0 aliphatic heterocycles. The van der Waals surface area contributed by atoms with Crippen LogP contribution in [0.4, 0.5) is 0 Å². The number of carbonyl (C=O) groups excluding carboxylic acids is 1. The van der Waals surface area contributed by atoms with Gasteiger partial charge in [-0.25, -0.2) is 4.98 Å². The predicted octanol–water partition coefficient (Wildman–Crippen LogP) is 2.72. The van der Waals surface area contributed by atoms with Gasteiger partial charge in [0.05, 0.1) is 11.7 Å². The van der Waals surface area contributed by atoms with E-state index in [4.69, 9.17) is 0 Å². The second kappa shape index (κ2) is 6.07. The minimum Gasteiger partial charge on any atom is -0.343 e. The molecule has 1 amide bonds. The fourth-order valence-corrected chi connectivity index (χ4v) is 3.93. The predicted molar refractivity (Wildman–Crippen MR) is 92.9 cm³/mol. The molecule has 1 aliphatic rings. The van der Waals surface area contributed by atoms with Gasteiger partial charge in [-0.3, -0.25) is 14.2 Å². The molecule has 23 heavy (non-hydrogen) atoms. The first kappa shape index (κ1) is 16.2. The smallest absolute Gasteiger partial charge is 0.262 e. The molecule has 0 spiro atoms. The number of aromatic nitrogens is 2. The molecule has 1 saturated carbocycles. The van der Waals surface area contributed by atoms with Gasteiger partial charge in [0.1, 0.15) is 4.83 Å². The average Bonchev–Trinajstić information content (AvgIpc) is 3.32. The van der Waals surface area contributed by atoms with E-state index >= 15 is 0 Å². The zero-order valence-corrected chi connectivity index (χ0v) is 14.9. The normalized spacial score (nSPS) is 15.8. The molecule has 2 heterocycles. The zero-order valence-electron chi connectivity index (χ0n) is 14.1. The van der Waals surface area contributed by atoms with Crippen LogP contribution in [0.3, 0.4) is 0 Å². The molecule has 3 rings (SSSR count). The molecule has 124 valence electrons. The largest absolute Gasteiger partial charge is 0.343 e. The van der Waals surface area contributed by atoms with E-state index in [1.807, 2.05) is 25.8 Å². The third kappa shape index (κ3) is 3.04. The number of fused-ring (bicyclic) bond motifs is 1. The van der Waals surface area contributed by atoms with Gasteiger partial charge in [-0.05, 0) is 45.1 Å². The Bertz CT molecular complexity index is 804. The Labute approximate surface area is 139 Å². The molecule has 5 nitrogen and oxygen atoms in total. The van der Waals surface area contributed by atoms with Crippen molar-refractivity contribution in [2.75, 3.05) is 7.05 Å². The average molecular weight is 333 g/mol. The number of carbonyl (C=O) groups is 1. The van der Waals surface area contributed by atoms with Crippen LogP contribution in [0.25, 0.3) is 10.2 Å². The van der Waals surface area contributed by atoms with Crippen LogP contribution >= 0.6 is 11.3 Å². The van der Waals surface area contributed by atoms with Crippen molar-refractivity contribution in [2.24, 2.45) is 5.92 Å². The van der Waals surface area contributed by atoms with Crippen LogP contribution in [0.15, 0.2) is 11.1 Å². The molecule has 1 atom stereocenters. The van der Waals surface area contributed by atoms with Crippen LogP contribution < -0.4 is 5.56 Å². The minimum absolute atomic E-state index is 0.0393. The van der Waals surface area contributed by atoms with Crippen LogP contribution in [0.1, 0.15) is 36.6 Å². The van der Waals surface area contributed by atoms with E-state index in [0.29, 0.717) is 30.3 Å². The molecule has 1 unspecified atom stereocenters. The van der Waals surface area contributed by atoms with E-state index in [9.17, 15) is 9.59 Å². The van der Waals surface area contributed by atoms with Crippen LogP contribution in [-0.4, -0.2) is 33.4 Å². The first-order chi connectivity index (χ1) is 10.9. The lowest BCUT2D eigenvalue weighted by atomic mass is 10.2. The topological polar surface area (TPSA) is 55.2 Å². The molecule has 2 aromatic rings. The summed E-state index contributed by atoms with van der Waals surface area (Å²) in [6, 6.07) is 0.293. The third-order valence-corrected chi connectivity index (χ3v) is 6.15. The summed E-state index contributed by atoms with van der Waals surface area (Å²) in [6.45, 7) is 6.45. The Balaban J connectivity index is 1.74. The fraction of sp³-hybridized carbons (Fsp3) is 0.588. The van der Waals surface area contributed by atoms with E-state index < -0.39 is 0 Å². The Morgan fingerprint density at radius 2 is 2.17 bits per heavy atom. The summed E-state index contributed by atoms with van der Waals surface area (Å²) >= 11 is 1.55. The Hall–Kier alpha value is -1.69. The maximum atomic E-state index is 12.6. The van der Waals surface area contributed by atoms with Crippen LogP contribution in [0, 0.1) is 19.8 Å². The number of hydrogen-bond acceptors (Lipinski definition) is 4. The van der Waals surface area contributed by atoms with Crippen molar-refractivity contribution in [3.8, 4) is 0 Å². The van der Waals surface area contributed by atoms with Crippen molar-refractivity contribution in [1.29, 1.82) is 0 Å². The zero-order chi connectivity index (χ0) is 16.7. The van der Waals surface area contributed by atoms with Gasteiger partial charge < -0.3 is 4.90 Å². The summed E-state index contributed by atoms with van der Waals surface area (Å²) in [4.78, 5) is 33.0. The lowest BCUT2D eigenvalue weighted by Crippen LogP contribution is -2.37. The van der Waals surface area contributed by atoms with Gasteiger partial charge in [0.25, 0.3) is 5.56 Å². The van der Waals surface area contributed by atoms with Gasteiger partial charge in [0.15, 0.2) is 0 Å². The van der Waals surface area contributed by atoms with Crippen molar-refractivity contribution in [1.82, 2.24) is 14.5 Å². The fourth-order valence-electron chi connectivity index (χ4n) is 2.94. The third-order valence-electron chi connectivity index (χ3n) is 5.03. The highest BCUT2D eigenvalue weighted by Crippen LogP contribution is 2.34. The summed E-state index contributed by atoms with van der Waals surface area (Å²) in [5, 5.41) is 0.696. The number of amides is 1. The first-order valence-electron chi connectivity index (χ1n) is 8.11. The number of nitrogens with zero attached hydrogens (tertiary/aromatic N) is 3. The standard InChI is InChI=1S/C17H23N3O2S/c1-10-12(3)23-16-15(10)17(22)20(9-18-16)8-7-14(21)19(4)11(2)13-5-6-13/h9,11,13H,5-8H2,1-4H3. The molecule has 0 aromatic carbocycles. The van der Waals surface area contributed by atoms with Gasteiger partial charge in [-0.1, -0.05) is 0 Å². The first-order valence-corrected chi connectivity index (χ1v) is 8.92. The quantitative estimate of drug-likeness (QED) is 0.845. The lowest BCUT2D eigenvalue weighted by molar-refractivity contribution is -0.132. The molecule has 0 bridgehead atoms. The number of thiophene rings is 1. The second-order valence-electron chi connectivity index (χ2n) is 6.54. The summed E-state index contributed by atoms with van der Waals surface area (Å²) < 4.78 is 1.56. The van der Waals surface area contributed by atoms with Crippen molar-refractivity contribution in [3.63, 3.8) is 0 Å². The van der Waals surface area contributed by atoms with Gasteiger partial charge >= 0.3 is 0 Å². The van der Waals surface area contributed by atoms with Crippen molar-refractivity contribution in [3.05, 3.63) is 27.1 Å². The van der Waals surface area contributed by atoms with Crippen LogP contribution in [0.2, 0.25) is 0 Å². The molecule has 6 heteroatoms. The van der Waals surface area contributed by atoms with Crippen LogP contribution in [-0.2, 0) is 11.3 Å². The molecule has 1 fully saturated rings. The Morgan fingerprint density at radius 3 is 2.83 bits per heavy atom. The summed E-state index contributed by atoms with van der Waals surface area (Å²) in [5.74, 6) is 0.746. The van der Waals surface area contributed by atoms with Crippen molar-refractivity contribution in [2.45, 2.75) is 52.6 Å². The number of aryl methyl sites for hydroxylation is 3. The van der Waals surface area contributed by atoms with Gasteiger partial charge in [0, 0.05) is 30.9 Å². The van der Waals surface area contributed by atoms with Crippen molar-refractivity contribution >= 4 is 27.5 Å². The monoisotopic (exact) mass is 333 g/mol. The Morgan fingerprint density at radius 1 is 1.48 bits per heavy atom. The van der Waals surface area contributed by atoms with Crippen molar-refractivity contribution < 1.29 is 4.79 Å². The molecule has 0 saturated heterocycles. The highest BCUT2D eigenvalue weighted by atomic mass is 32.1. The summed E-state index contributed by atoms with van der Waals surface area (Å²) in [5.41, 5.74) is 0.963. The van der Waals surface area contributed by atoms with Gasteiger partial charge in [0.2, 0.25) is 5.91 Å².